The number of amides is 1. The summed E-state index contributed by atoms with van der Waals surface area (Å²) < 4.78 is 0. The first-order chi connectivity index (χ1) is 11.6. The Balaban J connectivity index is 1.97. The molecule has 0 unspecified atom stereocenters. The molecule has 0 aliphatic heterocycles. The van der Waals surface area contributed by atoms with Crippen molar-refractivity contribution < 1.29 is 4.79 Å². The lowest BCUT2D eigenvalue weighted by Gasteiger charge is -2.23. The van der Waals surface area contributed by atoms with Crippen LogP contribution in [0.1, 0.15) is 35.9 Å². The number of hydrogen-bond acceptors (Lipinski definition) is 3. The molecule has 1 amide bonds. The van der Waals surface area contributed by atoms with Crippen LogP contribution in [0.25, 0.3) is 10.8 Å². The van der Waals surface area contributed by atoms with Crippen molar-refractivity contribution in [1.29, 1.82) is 0 Å². The summed E-state index contributed by atoms with van der Waals surface area (Å²) in [4.78, 5) is 24.6. The predicted molar refractivity (Wildman–Crippen MR) is 93.9 cm³/mol. The van der Waals surface area contributed by atoms with E-state index in [0.717, 1.165) is 5.56 Å². The summed E-state index contributed by atoms with van der Waals surface area (Å²) in [5.41, 5.74) is 0.965. The number of aromatic amines is 1. The Morgan fingerprint density at radius 2 is 1.62 bits per heavy atom. The van der Waals surface area contributed by atoms with Gasteiger partial charge in [0.1, 0.15) is 0 Å². The van der Waals surface area contributed by atoms with Crippen LogP contribution in [0.2, 0.25) is 0 Å². The van der Waals surface area contributed by atoms with Crippen molar-refractivity contribution >= 4 is 16.7 Å². The maximum Gasteiger partial charge on any atom is 0.272 e. The number of benzene rings is 2. The molecule has 0 spiro atoms. The van der Waals surface area contributed by atoms with Crippen LogP contribution in [0.15, 0.2) is 59.4 Å². The monoisotopic (exact) mass is 321 g/mol. The molecule has 5 nitrogen and oxygen atoms in total. The van der Waals surface area contributed by atoms with E-state index in [1.165, 1.54) is 0 Å². The molecule has 2 aromatic carbocycles. The van der Waals surface area contributed by atoms with Gasteiger partial charge in [-0.3, -0.25) is 9.59 Å². The minimum Gasteiger partial charge on any atom is -0.344 e. The molecule has 1 aromatic heterocycles. The van der Waals surface area contributed by atoms with E-state index < -0.39 is 0 Å². The van der Waals surface area contributed by atoms with E-state index in [0.29, 0.717) is 10.8 Å². The maximum atomic E-state index is 12.8. The number of aromatic nitrogens is 2. The second-order valence-electron chi connectivity index (χ2n) is 6.05. The zero-order valence-corrected chi connectivity index (χ0v) is 13.6. The summed E-state index contributed by atoms with van der Waals surface area (Å²) in [5, 5.41) is 10.4. The quantitative estimate of drug-likeness (QED) is 0.775. The molecular formula is C19H19N3O2. The molecule has 0 fully saturated rings. The van der Waals surface area contributed by atoms with Crippen molar-refractivity contribution in [3.8, 4) is 0 Å². The Bertz CT molecular complexity index is 917. The van der Waals surface area contributed by atoms with Gasteiger partial charge in [0.15, 0.2) is 5.69 Å². The molecule has 2 N–H and O–H groups in total. The molecule has 5 heteroatoms. The van der Waals surface area contributed by atoms with E-state index in [4.69, 9.17) is 0 Å². The second-order valence-corrected chi connectivity index (χ2v) is 6.05. The third-order valence-corrected chi connectivity index (χ3v) is 4.02. The number of nitrogens with one attached hydrogen (secondary N) is 2. The zero-order valence-electron chi connectivity index (χ0n) is 13.6. The topological polar surface area (TPSA) is 74.8 Å². The Labute approximate surface area is 139 Å². The minimum atomic E-state index is -0.301. The smallest absolute Gasteiger partial charge is 0.272 e. The molecule has 0 radical (unpaired) electrons. The molecule has 0 bridgehead atoms. The normalized spacial score (nSPS) is 12.3. The van der Waals surface area contributed by atoms with Crippen molar-refractivity contribution in [2.24, 2.45) is 5.92 Å². The van der Waals surface area contributed by atoms with Gasteiger partial charge in [-0.2, -0.15) is 5.10 Å². The first kappa shape index (κ1) is 15.9. The average Bonchev–Trinajstić information content (AvgIpc) is 2.60. The largest absolute Gasteiger partial charge is 0.344 e. The van der Waals surface area contributed by atoms with Crippen molar-refractivity contribution in [2.45, 2.75) is 19.9 Å². The lowest BCUT2D eigenvalue weighted by molar-refractivity contribution is 0.0921. The number of hydrogen-bond donors (Lipinski definition) is 2. The number of rotatable bonds is 4. The molecule has 122 valence electrons. The summed E-state index contributed by atoms with van der Waals surface area (Å²) in [6.07, 6.45) is 0. The van der Waals surface area contributed by atoms with Gasteiger partial charge in [0.2, 0.25) is 0 Å². The van der Waals surface area contributed by atoms with Crippen molar-refractivity contribution in [3.63, 3.8) is 0 Å². The van der Waals surface area contributed by atoms with Gasteiger partial charge in [0, 0.05) is 5.39 Å². The van der Waals surface area contributed by atoms with E-state index >= 15 is 0 Å². The highest BCUT2D eigenvalue weighted by Crippen LogP contribution is 2.22. The number of nitrogens with zero attached hydrogens (tertiary/aromatic N) is 1. The third kappa shape index (κ3) is 3.06. The van der Waals surface area contributed by atoms with Gasteiger partial charge in [-0.1, -0.05) is 62.4 Å². The Hall–Kier alpha value is -2.95. The number of carbonyl (C=O) groups excluding carboxylic acids is 1. The van der Waals surface area contributed by atoms with Gasteiger partial charge in [-0.05, 0) is 17.5 Å². The first-order valence-corrected chi connectivity index (χ1v) is 7.91. The third-order valence-electron chi connectivity index (χ3n) is 4.02. The SMILES string of the molecule is CC(C)[C@H](NC(=O)c1n[nH]c(=O)c2ccccc12)c1ccccc1. The van der Waals surface area contributed by atoms with Gasteiger partial charge < -0.3 is 5.32 Å². The molecule has 3 rings (SSSR count). The molecule has 3 aromatic rings. The minimum absolute atomic E-state index is 0.133. The van der Waals surface area contributed by atoms with Crippen molar-refractivity contribution in [1.82, 2.24) is 15.5 Å². The van der Waals surface area contributed by atoms with Gasteiger partial charge >= 0.3 is 0 Å². The van der Waals surface area contributed by atoms with E-state index in [9.17, 15) is 9.59 Å². The Morgan fingerprint density at radius 1 is 1.00 bits per heavy atom. The first-order valence-electron chi connectivity index (χ1n) is 7.91. The zero-order chi connectivity index (χ0) is 17.1. The highest BCUT2D eigenvalue weighted by molar-refractivity contribution is 6.04. The summed E-state index contributed by atoms with van der Waals surface area (Å²) in [6.45, 7) is 4.10. The van der Waals surface area contributed by atoms with Crippen molar-refractivity contribution in [3.05, 3.63) is 76.2 Å². The van der Waals surface area contributed by atoms with E-state index in [-0.39, 0.29) is 29.1 Å². The molecular weight excluding hydrogens is 302 g/mol. The molecule has 0 saturated heterocycles. The van der Waals surface area contributed by atoms with Gasteiger partial charge in [0.25, 0.3) is 11.5 Å². The molecule has 0 saturated carbocycles. The Morgan fingerprint density at radius 3 is 2.29 bits per heavy atom. The number of carbonyl (C=O) groups is 1. The highest BCUT2D eigenvalue weighted by atomic mass is 16.2. The molecule has 0 aliphatic rings. The van der Waals surface area contributed by atoms with Crippen LogP contribution in [-0.4, -0.2) is 16.1 Å². The summed E-state index contributed by atoms with van der Waals surface area (Å²) >= 11 is 0. The van der Waals surface area contributed by atoms with Crippen LogP contribution in [-0.2, 0) is 0 Å². The van der Waals surface area contributed by atoms with E-state index in [1.807, 2.05) is 30.3 Å². The van der Waals surface area contributed by atoms with Crippen LogP contribution in [0.3, 0.4) is 0 Å². The second kappa shape index (κ2) is 6.66. The van der Waals surface area contributed by atoms with Gasteiger partial charge in [-0.15, -0.1) is 0 Å². The average molecular weight is 321 g/mol. The molecule has 24 heavy (non-hydrogen) atoms. The predicted octanol–water partition coefficient (Wildman–Crippen LogP) is 3.05. The van der Waals surface area contributed by atoms with Crippen LogP contribution in [0.4, 0.5) is 0 Å². The summed E-state index contributed by atoms with van der Waals surface area (Å²) in [7, 11) is 0. The van der Waals surface area contributed by atoms with E-state index in [2.05, 4.69) is 29.4 Å². The summed E-state index contributed by atoms with van der Waals surface area (Å²) in [5.74, 6) is -0.0876. The van der Waals surface area contributed by atoms with Crippen molar-refractivity contribution in [2.75, 3.05) is 0 Å². The molecule has 0 aliphatic carbocycles. The molecule has 1 atom stereocenters. The molecule has 1 heterocycles. The number of H-pyrrole nitrogens is 1. The van der Waals surface area contributed by atoms with Crippen LogP contribution < -0.4 is 10.9 Å². The maximum absolute atomic E-state index is 12.8. The van der Waals surface area contributed by atoms with Crippen LogP contribution >= 0.6 is 0 Å². The lowest BCUT2D eigenvalue weighted by atomic mass is 9.96. The van der Waals surface area contributed by atoms with Gasteiger partial charge in [-0.25, -0.2) is 5.10 Å². The van der Waals surface area contributed by atoms with Gasteiger partial charge in [0.05, 0.1) is 11.4 Å². The van der Waals surface area contributed by atoms with E-state index in [1.54, 1.807) is 24.3 Å². The standard InChI is InChI=1S/C19H19N3O2/c1-12(2)16(13-8-4-3-5-9-13)20-19(24)17-14-10-6-7-11-15(14)18(23)22-21-17/h3-12,16H,1-2H3,(H,20,24)(H,22,23)/t16-/m0/s1. The van der Waals surface area contributed by atoms with Crippen LogP contribution in [0, 0.1) is 5.92 Å². The fraction of sp³-hybridized carbons (Fsp3) is 0.211. The fourth-order valence-electron chi connectivity index (χ4n) is 2.79. The van der Waals surface area contributed by atoms with Crippen LogP contribution in [0.5, 0.6) is 0 Å². The fourth-order valence-corrected chi connectivity index (χ4v) is 2.79. The number of fused-ring (bicyclic) bond motifs is 1. The Kier molecular flexibility index (Phi) is 4.42. The lowest BCUT2D eigenvalue weighted by Crippen LogP contribution is -2.33. The highest BCUT2D eigenvalue weighted by Gasteiger charge is 2.21. The summed E-state index contributed by atoms with van der Waals surface area (Å²) in [6, 6.07) is 16.7.